The van der Waals surface area contributed by atoms with E-state index in [4.69, 9.17) is 4.42 Å². The zero-order valence-electron chi connectivity index (χ0n) is 14.5. The predicted molar refractivity (Wildman–Crippen MR) is 96.3 cm³/mol. The predicted octanol–water partition coefficient (Wildman–Crippen LogP) is 2.92. The fourth-order valence-corrected chi connectivity index (χ4v) is 3.40. The van der Waals surface area contributed by atoms with Crippen molar-refractivity contribution in [2.24, 2.45) is 5.92 Å². The molecule has 0 aromatic carbocycles. The molecule has 2 heterocycles. The van der Waals surface area contributed by atoms with Gasteiger partial charge in [0, 0.05) is 10.8 Å². The molecule has 1 aliphatic carbocycles. The number of urea groups is 1. The summed E-state index contributed by atoms with van der Waals surface area (Å²) in [5.41, 5.74) is 0. The lowest BCUT2D eigenvalue weighted by Crippen LogP contribution is -2.43. The number of hydrogen-bond acceptors (Lipinski definition) is 5. The lowest BCUT2D eigenvalue weighted by molar-refractivity contribution is -0.121. The first-order chi connectivity index (χ1) is 12.0. The van der Waals surface area contributed by atoms with Gasteiger partial charge in [-0.1, -0.05) is 13.0 Å². The van der Waals surface area contributed by atoms with Crippen molar-refractivity contribution in [3.05, 3.63) is 46.0 Å². The average Bonchev–Trinajstić information content (AvgIpc) is 2.96. The van der Waals surface area contributed by atoms with Gasteiger partial charge >= 0.3 is 6.03 Å². The number of hydrogen-bond donors (Lipinski definition) is 2. The number of carbonyl (C=O) groups excluding carboxylic acids is 2. The zero-order valence-corrected chi connectivity index (χ0v) is 15.3. The molecule has 1 saturated carbocycles. The third-order valence-electron chi connectivity index (χ3n) is 4.25. The van der Waals surface area contributed by atoms with Crippen LogP contribution in [-0.4, -0.2) is 30.4 Å². The smallest absolute Gasteiger partial charge is 0.321 e. The van der Waals surface area contributed by atoms with Crippen LogP contribution in [0, 0.1) is 5.92 Å². The molecular weight excluding hydrogens is 338 g/mol. The topological polar surface area (TPSA) is 74.6 Å². The monoisotopic (exact) mass is 361 g/mol. The van der Waals surface area contributed by atoms with Gasteiger partial charge in [-0.25, -0.2) is 4.79 Å². The molecule has 0 radical (unpaired) electrons. The van der Waals surface area contributed by atoms with E-state index >= 15 is 0 Å². The normalized spacial score (nSPS) is 19.0. The van der Waals surface area contributed by atoms with Crippen molar-refractivity contribution in [3.8, 4) is 0 Å². The Morgan fingerprint density at radius 3 is 2.84 bits per heavy atom. The van der Waals surface area contributed by atoms with Gasteiger partial charge in [-0.3, -0.25) is 15.0 Å². The Morgan fingerprint density at radius 2 is 2.16 bits per heavy atom. The Hall–Kier alpha value is -2.12. The van der Waals surface area contributed by atoms with Crippen LogP contribution >= 0.6 is 11.3 Å². The highest BCUT2D eigenvalue weighted by atomic mass is 32.1. The number of carbonyl (C=O) groups is 2. The number of nitrogens with zero attached hydrogens (tertiary/aromatic N) is 1. The van der Waals surface area contributed by atoms with E-state index in [9.17, 15) is 9.59 Å². The molecule has 2 unspecified atom stereocenters. The second kappa shape index (κ2) is 7.84. The third kappa shape index (κ3) is 5.17. The maximum atomic E-state index is 11.9. The molecule has 25 heavy (non-hydrogen) atoms. The molecule has 3 amide bonds. The summed E-state index contributed by atoms with van der Waals surface area (Å²) in [6.45, 7) is 3.29. The molecule has 1 aliphatic rings. The zero-order chi connectivity index (χ0) is 17.8. The van der Waals surface area contributed by atoms with E-state index in [1.807, 2.05) is 41.6 Å². The Morgan fingerprint density at radius 1 is 1.36 bits per heavy atom. The van der Waals surface area contributed by atoms with Crippen molar-refractivity contribution in [1.82, 2.24) is 15.5 Å². The van der Waals surface area contributed by atoms with Crippen LogP contribution in [0.15, 0.2) is 34.1 Å². The second-order valence-electron chi connectivity index (χ2n) is 6.61. The maximum absolute atomic E-state index is 11.9. The maximum Gasteiger partial charge on any atom is 0.321 e. The summed E-state index contributed by atoms with van der Waals surface area (Å²) >= 11 is 1.56. The number of rotatable bonds is 7. The third-order valence-corrected chi connectivity index (χ3v) is 5.13. The minimum atomic E-state index is -0.477. The van der Waals surface area contributed by atoms with Crippen molar-refractivity contribution in [3.63, 3.8) is 0 Å². The lowest BCUT2D eigenvalue weighted by atomic mass is 10.3. The lowest BCUT2D eigenvalue weighted by Gasteiger charge is -2.14. The van der Waals surface area contributed by atoms with Crippen molar-refractivity contribution in [2.75, 3.05) is 13.6 Å². The van der Waals surface area contributed by atoms with E-state index in [1.165, 1.54) is 6.42 Å². The van der Waals surface area contributed by atoms with Gasteiger partial charge < -0.3 is 9.73 Å². The van der Waals surface area contributed by atoms with Crippen LogP contribution in [0.1, 0.15) is 35.7 Å². The average molecular weight is 361 g/mol. The van der Waals surface area contributed by atoms with Gasteiger partial charge in [-0.15, -0.1) is 11.3 Å². The molecular formula is C18H23N3O3S. The van der Waals surface area contributed by atoms with E-state index in [2.05, 4.69) is 17.6 Å². The summed E-state index contributed by atoms with van der Waals surface area (Å²) in [5.74, 6) is 2.79. The number of imide groups is 1. The fourth-order valence-electron chi connectivity index (χ4n) is 2.76. The molecule has 7 heteroatoms. The number of amides is 3. The van der Waals surface area contributed by atoms with Crippen molar-refractivity contribution < 1.29 is 14.0 Å². The van der Waals surface area contributed by atoms with E-state index in [1.54, 1.807) is 11.3 Å². The van der Waals surface area contributed by atoms with Crippen molar-refractivity contribution in [1.29, 1.82) is 0 Å². The largest absolute Gasteiger partial charge is 0.464 e. The second-order valence-corrected chi connectivity index (χ2v) is 7.64. The molecule has 134 valence electrons. The highest BCUT2D eigenvalue weighted by Crippen LogP contribution is 2.47. The summed E-state index contributed by atoms with van der Waals surface area (Å²) < 4.78 is 5.84. The fraction of sp³-hybridized carbons (Fsp3) is 0.444. The van der Waals surface area contributed by atoms with E-state index in [-0.39, 0.29) is 12.5 Å². The molecule has 0 bridgehead atoms. The molecule has 6 nitrogen and oxygen atoms in total. The summed E-state index contributed by atoms with van der Waals surface area (Å²) in [6, 6.07) is 7.36. The van der Waals surface area contributed by atoms with Crippen LogP contribution in [0.3, 0.4) is 0 Å². The molecule has 2 atom stereocenters. The Balaban J connectivity index is 1.38. The van der Waals surface area contributed by atoms with Crippen LogP contribution in [0.4, 0.5) is 4.79 Å². The number of thiophene rings is 1. The summed E-state index contributed by atoms with van der Waals surface area (Å²) in [5, 5.41) is 6.95. The van der Waals surface area contributed by atoms with E-state index in [0.29, 0.717) is 24.9 Å². The molecule has 2 aromatic heterocycles. The van der Waals surface area contributed by atoms with Gasteiger partial charge in [0.2, 0.25) is 5.91 Å². The number of furan rings is 1. The molecule has 2 aromatic rings. The SMILES string of the molecule is CC1CC1c1ccc(CN(C)CC(=O)NC(=O)NCc2cccs2)o1. The van der Waals surface area contributed by atoms with Crippen LogP contribution in [0.25, 0.3) is 0 Å². The molecule has 3 rings (SSSR count). The van der Waals surface area contributed by atoms with Crippen molar-refractivity contribution >= 4 is 23.3 Å². The van der Waals surface area contributed by atoms with Gasteiger partial charge in [0.1, 0.15) is 11.5 Å². The molecule has 0 spiro atoms. The highest BCUT2D eigenvalue weighted by molar-refractivity contribution is 7.09. The Labute approximate surface area is 151 Å². The Bertz CT molecular complexity index is 726. The van der Waals surface area contributed by atoms with Crippen LogP contribution in [0.2, 0.25) is 0 Å². The summed E-state index contributed by atoms with van der Waals surface area (Å²) in [6.07, 6.45) is 1.19. The van der Waals surface area contributed by atoms with Crippen molar-refractivity contribution in [2.45, 2.75) is 32.4 Å². The van der Waals surface area contributed by atoms with Gasteiger partial charge in [0.15, 0.2) is 0 Å². The van der Waals surface area contributed by atoms with E-state index < -0.39 is 6.03 Å². The van der Waals surface area contributed by atoms with Gasteiger partial charge in [-0.05, 0) is 43.0 Å². The van der Waals surface area contributed by atoms with Gasteiger partial charge in [0.25, 0.3) is 0 Å². The highest BCUT2D eigenvalue weighted by Gasteiger charge is 2.36. The first kappa shape index (κ1) is 17.7. The van der Waals surface area contributed by atoms with Crippen LogP contribution < -0.4 is 10.6 Å². The van der Waals surface area contributed by atoms with Gasteiger partial charge in [-0.2, -0.15) is 0 Å². The van der Waals surface area contributed by atoms with Crippen LogP contribution in [0.5, 0.6) is 0 Å². The number of nitrogens with one attached hydrogen (secondary N) is 2. The molecule has 2 N–H and O–H groups in total. The van der Waals surface area contributed by atoms with E-state index in [0.717, 1.165) is 16.4 Å². The minimum Gasteiger partial charge on any atom is -0.464 e. The van der Waals surface area contributed by atoms with Gasteiger partial charge in [0.05, 0.1) is 19.6 Å². The molecule has 1 fully saturated rings. The standard InChI is InChI=1S/C18H23N3O3S/c1-12-8-15(12)16-6-5-13(24-16)10-21(2)11-17(22)20-18(23)19-9-14-4-3-7-25-14/h3-7,12,15H,8-11H2,1-2H3,(H2,19,20,22,23). The first-order valence-corrected chi connectivity index (χ1v) is 9.26. The summed E-state index contributed by atoms with van der Waals surface area (Å²) in [7, 11) is 1.82. The quantitative estimate of drug-likeness (QED) is 0.795. The molecule has 0 saturated heterocycles. The van der Waals surface area contributed by atoms with Crippen LogP contribution in [-0.2, 0) is 17.9 Å². The Kier molecular flexibility index (Phi) is 5.55. The number of likely N-dealkylation sites (N-methyl/N-ethyl adjacent to an activating group) is 1. The molecule has 0 aliphatic heterocycles. The minimum absolute atomic E-state index is 0.127. The first-order valence-electron chi connectivity index (χ1n) is 8.38. The summed E-state index contributed by atoms with van der Waals surface area (Å²) in [4.78, 5) is 26.5.